The first-order chi connectivity index (χ1) is 9.59. The lowest BCUT2D eigenvalue weighted by Crippen LogP contribution is -2.55. The molecule has 0 aromatic carbocycles. The van der Waals surface area contributed by atoms with E-state index in [9.17, 15) is 0 Å². The third-order valence-corrected chi connectivity index (χ3v) is 4.59. The van der Waals surface area contributed by atoms with E-state index in [-0.39, 0.29) is 5.60 Å². The van der Waals surface area contributed by atoms with Gasteiger partial charge in [-0.2, -0.15) is 5.10 Å². The second-order valence-electron chi connectivity index (χ2n) is 6.23. The van der Waals surface area contributed by atoms with Gasteiger partial charge in [-0.1, -0.05) is 19.8 Å². The van der Waals surface area contributed by atoms with Crippen molar-refractivity contribution in [2.75, 3.05) is 13.7 Å². The Morgan fingerprint density at radius 2 is 2.40 bits per heavy atom. The third-order valence-electron chi connectivity index (χ3n) is 4.59. The monoisotopic (exact) mass is 279 g/mol. The second kappa shape index (κ2) is 6.72. The molecular weight excluding hydrogens is 250 g/mol. The maximum atomic E-state index is 6.28. The first-order valence-electron chi connectivity index (χ1n) is 7.89. The van der Waals surface area contributed by atoms with E-state index < -0.39 is 0 Å². The van der Waals surface area contributed by atoms with Gasteiger partial charge in [0.1, 0.15) is 0 Å². The molecule has 114 valence electrons. The molecule has 2 rings (SSSR count). The fourth-order valence-corrected chi connectivity index (χ4v) is 3.71. The molecule has 0 radical (unpaired) electrons. The van der Waals surface area contributed by atoms with E-state index in [0.29, 0.717) is 6.04 Å². The van der Waals surface area contributed by atoms with Crippen molar-refractivity contribution in [1.82, 2.24) is 15.1 Å². The van der Waals surface area contributed by atoms with Crippen molar-refractivity contribution in [1.29, 1.82) is 0 Å². The molecule has 1 N–H and O–H groups in total. The predicted molar refractivity (Wildman–Crippen MR) is 81.7 cm³/mol. The molecule has 1 heterocycles. The Bertz CT molecular complexity index is 414. The van der Waals surface area contributed by atoms with E-state index in [0.717, 1.165) is 37.5 Å². The molecule has 1 aliphatic carbocycles. The zero-order valence-corrected chi connectivity index (χ0v) is 13.4. The van der Waals surface area contributed by atoms with Crippen molar-refractivity contribution in [3.05, 3.63) is 18.0 Å². The van der Waals surface area contributed by atoms with Crippen molar-refractivity contribution in [2.45, 2.75) is 57.6 Å². The first kappa shape index (κ1) is 15.5. The number of likely N-dealkylation sites (N-methyl/N-ethyl adjacent to an activating group) is 1. The highest BCUT2D eigenvalue weighted by atomic mass is 16.5. The van der Waals surface area contributed by atoms with Gasteiger partial charge in [-0.25, -0.2) is 0 Å². The molecule has 0 saturated heterocycles. The number of nitrogens with one attached hydrogen (secondary N) is 1. The molecule has 0 amide bonds. The van der Waals surface area contributed by atoms with Crippen LogP contribution in [0.4, 0.5) is 0 Å². The molecule has 4 nitrogen and oxygen atoms in total. The summed E-state index contributed by atoms with van der Waals surface area (Å²) in [5, 5.41) is 8.03. The lowest BCUT2D eigenvalue weighted by Gasteiger charge is -2.45. The highest BCUT2D eigenvalue weighted by Crippen LogP contribution is 2.38. The maximum absolute atomic E-state index is 6.28. The molecule has 1 aromatic heterocycles. The highest BCUT2D eigenvalue weighted by molar-refractivity contribution is 5.07. The number of rotatable bonds is 6. The van der Waals surface area contributed by atoms with Gasteiger partial charge in [0.05, 0.1) is 11.3 Å². The van der Waals surface area contributed by atoms with Gasteiger partial charge in [-0.3, -0.25) is 4.68 Å². The number of hydrogen-bond donors (Lipinski definition) is 1. The lowest BCUT2D eigenvalue weighted by molar-refractivity contribution is -0.0989. The van der Waals surface area contributed by atoms with Crippen molar-refractivity contribution in [3.8, 4) is 0 Å². The maximum Gasteiger partial charge on any atom is 0.0840 e. The Labute approximate surface area is 122 Å². The molecule has 3 atom stereocenters. The summed E-state index contributed by atoms with van der Waals surface area (Å²) >= 11 is 0. The molecule has 1 saturated carbocycles. The molecule has 1 fully saturated rings. The number of aromatic nitrogens is 2. The summed E-state index contributed by atoms with van der Waals surface area (Å²) in [5.41, 5.74) is 1.11. The Kier molecular flexibility index (Phi) is 5.22. The normalized spacial score (nSPS) is 28.5. The van der Waals surface area contributed by atoms with Gasteiger partial charge >= 0.3 is 0 Å². The van der Waals surface area contributed by atoms with Crippen LogP contribution in [-0.4, -0.2) is 35.1 Å². The van der Waals surface area contributed by atoms with E-state index >= 15 is 0 Å². The minimum Gasteiger partial charge on any atom is -0.374 e. The van der Waals surface area contributed by atoms with Gasteiger partial charge in [0.2, 0.25) is 0 Å². The quantitative estimate of drug-likeness (QED) is 0.870. The standard InChI is InChI=1S/C16H29N3O/c1-5-20-16(9-6-7-13(2)12-16)15(17-3)11-14-8-10-19(4)18-14/h8,10,13,15,17H,5-7,9,11-12H2,1-4H3. The topological polar surface area (TPSA) is 39.1 Å². The Balaban J connectivity index is 2.15. The van der Waals surface area contributed by atoms with Crippen molar-refractivity contribution < 1.29 is 4.74 Å². The molecule has 1 aromatic rings. The molecule has 0 aliphatic heterocycles. The SMILES string of the molecule is CCOC1(C(Cc2ccn(C)n2)NC)CCCC(C)C1. The fraction of sp³-hybridized carbons (Fsp3) is 0.812. The lowest BCUT2D eigenvalue weighted by atomic mass is 9.73. The fourth-order valence-electron chi connectivity index (χ4n) is 3.71. The summed E-state index contributed by atoms with van der Waals surface area (Å²) in [6.45, 7) is 5.24. The Hall–Kier alpha value is -0.870. The number of nitrogens with zero attached hydrogens (tertiary/aromatic N) is 2. The zero-order valence-electron chi connectivity index (χ0n) is 13.4. The summed E-state index contributed by atoms with van der Waals surface area (Å²) in [6.07, 6.45) is 7.85. The smallest absolute Gasteiger partial charge is 0.0840 e. The van der Waals surface area contributed by atoms with Crippen LogP contribution in [0, 0.1) is 5.92 Å². The van der Waals surface area contributed by atoms with Crippen LogP contribution in [0.5, 0.6) is 0 Å². The van der Waals surface area contributed by atoms with Gasteiger partial charge in [0.25, 0.3) is 0 Å². The largest absolute Gasteiger partial charge is 0.374 e. The molecular formula is C16H29N3O. The number of hydrogen-bond acceptors (Lipinski definition) is 3. The van der Waals surface area contributed by atoms with E-state index in [4.69, 9.17) is 4.74 Å². The van der Waals surface area contributed by atoms with Crippen LogP contribution >= 0.6 is 0 Å². The molecule has 0 spiro atoms. The average Bonchev–Trinajstić information content (AvgIpc) is 2.82. The third kappa shape index (κ3) is 3.41. The molecule has 1 aliphatic rings. The van der Waals surface area contributed by atoms with Crippen molar-refractivity contribution in [3.63, 3.8) is 0 Å². The van der Waals surface area contributed by atoms with E-state index in [1.165, 1.54) is 12.8 Å². The summed E-state index contributed by atoms with van der Waals surface area (Å²) in [4.78, 5) is 0. The number of aryl methyl sites for hydroxylation is 1. The first-order valence-corrected chi connectivity index (χ1v) is 7.89. The van der Waals surface area contributed by atoms with Crippen LogP contribution in [0.25, 0.3) is 0 Å². The van der Waals surface area contributed by atoms with Crippen LogP contribution in [0.3, 0.4) is 0 Å². The summed E-state index contributed by atoms with van der Waals surface area (Å²) < 4.78 is 8.15. The predicted octanol–water partition coefficient (Wildman–Crippen LogP) is 2.54. The van der Waals surface area contributed by atoms with E-state index in [1.54, 1.807) is 0 Å². The van der Waals surface area contributed by atoms with E-state index in [2.05, 4.69) is 30.3 Å². The molecule has 20 heavy (non-hydrogen) atoms. The zero-order chi connectivity index (χ0) is 14.6. The van der Waals surface area contributed by atoms with Crippen LogP contribution in [0.15, 0.2) is 12.3 Å². The summed E-state index contributed by atoms with van der Waals surface area (Å²) in [7, 11) is 4.02. The van der Waals surface area contributed by atoms with Gasteiger partial charge in [-0.05, 0) is 38.8 Å². The average molecular weight is 279 g/mol. The van der Waals surface area contributed by atoms with E-state index in [1.807, 2.05) is 25.0 Å². The number of ether oxygens (including phenoxy) is 1. The van der Waals surface area contributed by atoms with Crippen LogP contribution in [0.1, 0.15) is 45.2 Å². The van der Waals surface area contributed by atoms with Crippen LogP contribution in [0.2, 0.25) is 0 Å². The van der Waals surface area contributed by atoms with Gasteiger partial charge in [-0.15, -0.1) is 0 Å². The van der Waals surface area contributed by atoms with Gasteiger partial charge in [0.15, 0.2) is 0 Å². The molecule has 3 unspecified atom stereocenters. The summed E-state index contributed by atoms with van der Waals surface area (Å²) in [5.74, 6) is 0.745. The Morgan fingerprint density at radius 1 is 1.60 bits per heavy atom. The molecule has 0 bridgehead atoms. The van der Waals surface area contributed by atoms with Gasteiger partial charge in [0, 0.05) is 32.3 Å². The molecule has 4 heteroatoms. The summed E-state index contributed by atoms with van der Waals surface area (Å²) in [6, 6.07) is 2.44. The second-order valence-corrected chi connectivity index (χ2v) is 6.23. The Morgan fingerprint density at radius 3 is 2.95 bits per heavy atom. The minimum absolute atomic E-state index is 0.0291. The van der Waals surface area contributed by atoms with Crippen LogP contribution < -0.4 is 5.32 Å². The van der Waals surface area contributed by atoms with Crippen LogP contribution in [-0.2, 0) is 18.2 Å². The van der Waals surface area contributed by atoms with Crippen molar-refractivity contribution in [2.24, 2.45) is 13.0 Å². The van der Waals surface area contributed by atoms with Gasteiger partial charge < -0.3 is 10.1 Å². The highest BCUT2D eigenvalue weighted by Gasteiger charge is 2.42. The van der Waals surface area contributed by atoms with Crippen molar-refractivity contribution >= 4 is 0 Å². The minimum atomic E-state index is -0.0291.